The van der Waals surface area contributed by atoms with Gasteiger partial charge in [-0.1, -0.05) is 24.3 Å². The summed E-state index contributed by atoms with van der Waals surface area (Å²) in [6, 6.07) is 16.7. The van der Waals surface area contributed by atoms with Gasteiger partial charge in [0, 0.05) is 23.8 Å². The second kappa shape index (κ2) is 6.02. The number of hydrogen-bond donors (Lipinski definition) is 1. The van der Waals surface area contributed by atoms with Crippen molar-refractivity contribution in [3.05, 3.63) is 54.7 Å². The highest BCUT2D eigenvalue weighted by Gasteiger charge is 2.07. The average Bonchev–Trinajstić information content (AvgIpc) is 2.95. The van der Waals surface area contributed by atoms with Gasteiger partial charge in [-0.3, -0.25) is 0 Å². The zero-order chi connectivity index (χ0) is 14.7. The van der Waals surface area contributed by atoms with E-state index in [1.807, 2.05) is 18.3 Å². The first kappa shape index (κ1) is 13.7. The fraction of sp³-hybridized carbons (Fsp3) is 0.222. The Morgan fingerprint density at radius 1 is 1.05 bits per heavy atom. The molecule has 0 saturated heterocycles. The van der Waals surface area contributed by atoms with Gasteiger partial charge in [0.25, 0.3) is 0 Å². The monoisotopic (exact) mass is 280 g/mol. The van der Waals surface area contributed by atoms with Crippen molar-refractivity contribution in [1.82, 2.24) is 9.88 Å². The van der Waals surface area contributed by atoms with Crippen LogP contribution in [0.1, 0.15) is 0 Å². The molecule has 1 N–H and O–H groups in total. The molecule has 0 aliphatic heterocycles. The molecule has 0 spiro atoms. The summed E-state index contributed by atoms with van der Waals surface area (Å²) in [6.45, 7) is 1.60. The molecule has 0 aliphatic rings. The molecule has 0 radical (unpaired) electrons. The van der Waals surface area contributed by atoms with Crippen LogP contribution in [0, 0.1) is 0 Å². The lowest BCUT2D eigenvalue weighted by Crippen LogP contribution is -2.19. The van der Waals surface area contributed by atoms with Gasteiger partial charge >= 0.3 is 0 Å². The third-order valence-corrected chi connectivity index (χ3v) is 3.55. The molecule has 3 heteroatoms. The molecule has 0 aliphatic carbocycles. The number of ether oxygens (including phenoxy) is 1. The first-order valence-corrected chi connectivity index (χ1v) is 7.18. The van der Waals surface area contributed by atoms with E-state index < -0.39 is 0 Å². The molecule has 0 amide bonds. The Hall–Kier alpha value is -2.26. The highest BCUT2D eigenvalue weighted by Crippen LogP contribution is 2.31. The number of nitrogens with one attached hydrogen (secondary N) is 1. The van der Waals surface area contributed by atoms with Crippen LogP contribution in [0.3, 0.4) is 0 Å². The molecule has 1 aromatic heterocycles. The van der Waals surface area contributed by atoms with Gasteiger partial charge in [0.1, 0.15) is 12.4 Å². The van der Waals surface area contributed by atoms with E-state index in [4.69, 9.17) is 4.74 Å². The smallest absolute Gasteiger partial charge is 0.127 e. The van der Waals surface area contributed by atoms with Crippen LogP contribution in [-0.4, -0.2) is 37.1 Å². The molecule has 0 unspecified atom stereocenters. The molecule has 2 aromatic carbocycles. The lowest BCUT2D eigenvalue weighted by atomic mass is 10.0. The number of para-hydroxylation sites is 1. The van der Waals surface area contributed by atoms with E-state index in [1.54, 1.807) is 0 Å². The van der Waals surface area contributed by atoms with Crippen LogP contribution in [0.25, 0.3) is 22.0 Å². The summed E-state index contributed by atoms with van der Waals surface area (Å²) in [4.78, 5) is 5.34. The Kier molecular flexibility index (Phi) is 3.93. The number of aromatic nitrogens is 1. The SMILES string of the molecule is CN(C)CCOc1ccccc1-c1ccc2[nH]ccc2c1. The van der Waals surface area contributed by atoms with Gasteiger partial charge in [0.05, 0.1) is 0 Å². The van der Waals surface area contributed by atoms with Crippen molar-refractivity contribution >= 4 is 10.9 Å². The van der Waals surface area contributed by atoms with E-state index in [1.165, 1.54) is 10.9 Å². The maximum absolute atomic E-state index is 5.95. The molecule has 0 bridgehead atoms. The zero-order valence-electron chi connectivity index (χ0n) is 12.5. The number of fused-ring (bicyclic) bond motifs is 1. The Bertz CT molecular complexity index is 731. The Morgan fingerprint density at radius 3 is 2.76 bits per heavy atom. The lowest BCUT2D eigenvalue weighted by molar-refractivity contribution is 0.262. The summed E-state index contributed by atoms with van der Waals surface area (Å²) in [5.41, 5.74) is 3.48. The second-order valence-corrected chi connectivity index (χ2v) is 5.43. The van der Waals surface area contributed by atoms with Gasteiger partial charge in [-0.05, 0) is 49.3 Å². The topological polar surface area (TPSA) is 28.3 Å². The maximum Gasteiger partial charge on any atom is 0.127 e. The van der Waals surface area contributed by atoms with Crippen molar-refractivity contribution in [2.45, 2.75) is 0 Å². The summed E-state index contributed by atoms with van der Waals surface area (Å²) in [5.74, 6) is 0.939. The first-order valence-electron chi connectivity index (χ1n) is 7.18. The van der Waals surface area contributed by atoms with Crippen molar-refractivity contribution in [2.75, 3.05) is 27.2 Å². The lowest BCUT2D eigenvalue weighted by Gasteiger charge is -2.14. The van der Waals surface area contributed by atoms with E-state index in [2.05, 4.69) is 60.4 Å². The van der Waals surface area contributed by atoms with E-state index in [0.717, 1.165) is 23.4 Å². The van der Waals surface area contributed by atoms with Crippen molar-refractivity contribution in [3.8, 4) is 16.9 Å². The highest BCUT2D eigenvalue weighted by atomic mass is 16.5. The van der Waals surface area contributed by atoms with Crippen LogP contribution in [0.2, 0.25) is 0 Å². The first-order chi connectivity index (χ1) is 10.2. The van der Waals surface area contributed by atoms with E-state index in [9.17, 15) is 0 Å². The number of likely N-dealkylation sites (N-methyl/N-ethyl adjacent to an activating group) is 1. The van der Waals surface area contributed by atoms with Crippen molar-refractivity contribution in [2.24, 2.45) is 0 Å². The Morgan fingerprint density at radius 2 is 1.90 bits per heavy atom. The van der Waals surface area contributed by atoms with E-state index in [0.29, 0.717) is 6.61 Å². The van der Waals surface area contributed by atoms with Crippen molar-refractivity contribution in [1.29, 1.82) is 0 Å². The quantitative estimate of drug-likeness (QED) is 0.770. The predicted octanol–water partition coefficient (Wildman–Crippen LogP) is 3.78. The summed E-state index contributed by atoms with van der Waals surface area (Å²) in [7, 11) is 4.10. The van der Waals surface area contributed by atoms with Crippen LogP contribution in [0.15, 0.2) is 54.7 Å². The van der Waals surface area contributed by atoms with Gasteiger partial charge in [0.2, 0.25) is 0 Å². The summed E-state index contributed by atoms with van der Waals surface area (Å²) in [6.07, 6.45) is 1.97. The third kappa shape index (κ3) is 3.09. The van der Waals surface area contributed by atoms with Crippen LogP contribution in [0.4, 0.5) is 0 Å². The number of benzene rings is 2. The number of hydrogen-bond acceptors (Lipinski definition) is 2. The molecule has 3 rings (SSSR count). The molecule has 3 nitrogen and oxygen atoms in total. The van der Waals surface area contributed by atoms with Crippen LogP contribution >= 0.6 is 0 Å². The largest absolute Gasteiger partial charge is 0.492 e. The van der Waals surface area contributed by atoms with Gasteiger partial charge in [-0.25, -0.2) is 0 Å². The fourth-order valence-corrected chi connectivity index (χ4v) is 2.39. The molecule has 1 heterocycles. The minimum Gasteiger partial charge on any atom is -0.492 e. The second-order valence-electron chi connectivity index (χ2n) is 5.43. The molecular weight excluding hydrogens is 260 g/mol. The summed E-state index contributed by atoms with van der Waals surface area (Å²) < 4.78 is 5.95. The molecule has 3 aromatic rings. The zero-order valence-corrected chi connectivity index (χ0v) is 12.5. The number of H-pyrrole nitrogens is 1. The van der Waals surface area contributed by atoms with Crippen molar-refractivity contribution in [3.63, 3.8) is 0 Å². The van der Waals surface area contributed by atoms with Crippen LogP contribution in [0.5, 0.6) is 5.75 Å². The Labute approximate surface area is 125 Å². The van der Waals surface area contributed by atoms with Gasteiger partial charge in [-0.15, -0.1) is 0 Å². The molecule has 108 valence electrons. The maximum atomic E-state index is 5.95. The van der Waals surface area contributed by atoms with E-state index >= 15 is 0 Å². The minimum atomic E-state index is 0.691. The van der Waals surface area contributed by atoms with Gasteiger partial charge in [0.15, 0.2) is 0 Å². The molecule has 0 fully saturated rings. The fourth-order valence-electron chi connectivity index (χ4n) is 2.39. The van der Waals surface area contributed by atoms with Crippen LogP contribution in [-0.2, 0) is 0 Å². The number of rotatable bonds is 5. The number of nitrogens with zero attached hydrogens (tertiary/aromatic N) is 1. The number of aromatic amines is 1. The molecule has 0 saturated carbocycles. The highest BCUT2D eigenvalue weighted by molar-refractivity contribution is 5.86. The summed E-state index contributed by atoms with van der Waals surface area (Å²) >= 11 is 0. The third-order valence-electron chi connectivity index (χ3n) is 3.55. The molecule has 21 heavy (non-hydrogen) atoms. The molecular formula is C18H20N2O. The minimum absolute atomic E-state index is 0.691. The summed E-state index contributed by atoms with van der Waals surface area (Å²) in [5, 5.41) is 1.22. The average molecular weight is 280 g/mol. The Balaban J connectivity index is 1.90. The predicted molar refractivity (Wildman–Crippen MR) is 87.8 cm³/mol. The molecule has 0 atom stereocenters. The van der Waals surface area contributed by atoms with Gasteiger partial charge < -0.3 is 14.6 Å². The van der Waals surface area contributed by atoms with Crippen LogP contribution < -0.4 is 4.74 Å². The normalized spacial score (nSPS) is 11.2. The standard InChI is InChI=1S/C18H20N2O/c1-20(2)11-12-21-18-6-4-3-5-16(18)14-7-8-17-15(13-14)9-10-19-17/h3-10,13,19H,11-12H2,1-2H3. The van der Waals surface area contributed by atoms with Crippen molar-refractivity contribution < 1.29 is 4.74 Å². The van der Waals surface area contributed by atoms with Gasteiger partial charge in [-0.2, -0.15) is 0 Å². The van der Waals surface area contributed by atoms with E-state index in [-0.39, 0.29) is 0 Å².